The number of hydrogen-bond donors (Lipinski definition) is 0. The molecule has 0 saturated carbocycles. The Morgan fingerprint density at radius 2 is 2.15 bits per heavy atom. The van der Waals surface area contributed by atoms with E-state index in [9.17, 15) is 4.79 Å². The van der Waals surface area contributed by atoms with Crippen LogP contribution in [0.25, 0.3) is 5.65 Å². The average Bonchev–Trinajstić information content (AvgIpc) is 3.28. The predicted octanol–water partition coefficient (Wildman–Crippen LogP) is 2.16. The van der Waals surface area contributed by atoms with Crippen molar-refractivity contribution in [2.75, 3.05) is 20.6 Å². The molecule has 0 radical (unpaired) electrons. The number of likely N-dealkylation sites (tertiary alicyclic amines) is 1. The minimum atomic E-state index is -0.0274. The molecule has 1 atom stereocenters. The lowest BCUT2D eigenvalue weighted by atomic mass is 10.1. The van der Waals surface area contributed by atoms with E-state index < -0.39 is 0 Å². The van der Waals surface area contributed by atoms with Crippen LogP contribution in [0.15, 0.2) is 43.0 Å². The molecular weight excluding hydrogens is 328 g/mol. The van der Waals surface area contributed by atoms with Gasteiger partial charge in [-0.25, -0.2) is 9.50 Å². The van der Waals surface area contributed by atoms with Gasteiger partial charge in [0.1, 0.15) is 5.56 Å². The number of carbonyl (C=O) groups is 1. The van der Waals surface area contributed by atoms with E-state index in [2.05, 4.69) is 26.0 Å². The summed E-state index contributed by atoms with van der Waals surface area (Å²) in [6.07, 6.45) is 8.90. The molecule has 1 aliphatic heterocycles. The van der Waals surface area contributed by atoms with E-state index in [0.717, 1.165) is 31.6 Å². The molecule has 0 unspecified atom stereocenters. The van der Waals surface area contributed by atoms with Crippen LogP contribution < -0.4 is 0 Å². The summed E-state index contributed by atoms with van der Waals surface area (Å²) in [7, 11) is 4.07. The van der Waals surface area contributed by atoms with Gasteiger partial charge in [-0.1, -0.05) is 6.07 Å². The SMILES string of the molecule is CN(C)Cc1ccc([C@H]2CCCN2C(=O)c2cnn3cccnc23)nc1. The van der Waals surface area contributed by atoms with Gasteiger partial charge in [0.2, 0.25) is 0 Å². The van der Waals surface area contributed by atoms with Crippen LogP contribution in [0, 0.1) is 0 Å². The molecule has 134 valence electrons. The lowest BCUT2D eigenvalue weighted by Crippen LogP contribution is -2.31. The quantitative estimate of drug-likeness (QED) is 0.721. The van der Waals surface area contributed by atoms with Crippen molar-refractivity contribution in [2.24, 2.45) is 0 Å². The van der Waals surface area contributed by atoms with Crippen molar-refractivity contribution in [1.82, 2.24) is 29.4 Å². The Morgan fingerprint density at radius 3 is 2.92 bits per heavy atom. The van der Waals surface area contributed by atoms with Crippen LogP contribution in [0.3, 0.4) is 0 Å². The molecule has 0 N–H and O–H groups in total. The van der Waals surface area contributed by atoms with Crippen LogP contribution in [0.5, 0.6) is 0 Å². The molecule has 0 bridgehead atoms. The first-order valence-corrected chi connectivity index (χ1v) is 8.82. The number of amides is 1. The summed E-state index contributed by atoms with van der Waals surface area (Å²) in [4.78, 5) is 26.1. The summed E-state index contributed by atoms with van der Waals surface area (Å²) >= 11 is 0. The van der Waals surface area contributed by atoms with Gasteiger partial charge in [-0.15, -0.1) is 0 Å². The first kappa shape index (κ1) is 16.7. The third-order valence-electron chi connectivity index (χ3n) is 4.71. The summed E-state index contributed by atoms with van der Waals surface area (Å²) < 4.78 is 1.63. The Morgan fingerprint density at radius 1 is 1.27 bits per heavy atom. The summed E-state index contributed by atoms with van der Waals surface area (Å²) in [5, 5.41) is 4.23. The van der Waals surface area contributed by atoms with E-state index >= 15 is 0 Å². The smallest absolute Gasteiger partial charge is 0.259 e. The third kappa shape index (κ3) is 3.06. The second-order valence-corrected chi connectivity index (χ2v) is 6.93. The minimum absolute atomic E-state index is 0.00886. The van der Waals surface area contributed by atoms with Gasteiger partial charge in [0.05, 0.1) is 17.9 Å². The Kier molecular flexibility index (Phi) is 4.38. The van der Waals surface area contributed by atoms with Gasteiger partial charge in [-0.2, -0.15) is 5.10 Å². The highest BCUT2D eigenvalue weighted by Gasteiger charge is 2.33. The first-order valence-electron chi connectivity index (χ1n) is 8.82. The molecule has 3 aromatic rings. The van der Waals surface area contributed by atoms with Gasteiger partial charge in [0.25, 0.3) is 5.91 Å². The maximum atomic E-state index is 13.1. The van der Waals surface area contributed by atoms with Crippen molar-refractivity contribution in [3.63, 3.8) is 0 Å². The van der Waals surface area contributed by atoms with Crippen molar-refractivity contribution < 1.29 is 4.79 Å². The van der Waals surface area contributed by atoms with E-state index in [4.69, 9.17) is 0 Å². The molecule has 1 fully saturated rings. The number of carbonyl (C=O) groups excluding carboxylic acids is 1. The number of pyridine rings is 1. The van der Waals surface area contributed by atoms with E-state index in [0.29, 0.717) is 11.2 Å². The van der Waals surface area contributed by atoms with Gasteiger partial charge >= 0.3 is 0 Å². The summed E-state index contributed by atoms with van der Waals surface area (Å²) in [6.45, 7) is 1.59. The standard InChI is InChI=1S/C19H22N6O/c1-23(2)13-14-6-7-16(21-11-14)17-5-3-9-24(17)19(26)15-12-22-25-10-4-8-20-18(15)25/h4,6-8,10-12,17H,3,5,9,13H2,1-2H3/t17-/m1/s1. The third-order valence-corrected chi connectivity index (χ3v) is 4.71. The van der Waals surface area contributed by atoms with Crippen molar-refractivity contribution in [3.05, 3.63) is 59.8 Å². The molecule has 1 amide bonds. The summed E-state index contributed by atoms with van der Waals surface area (Å²) in [6, 6.07) is 5.95. The minimum Gasteiger partial charge on any atom is -0.330 e. The summed E-state index contributed by atoms with van der Waals surface area (Å²) in [5.41, 5.74) is 3.25. The van der Waals surface area contributed by atoms with Gasteiger partial charge in [-0.05, 0) is 44.6 Å². The Labute approximate surface area is 152 Å². The molecule has 7 heteroatoms. The zero-order valence-corrected chi connectivity index (χ0v) is 15.0. The Hall–Kier alpha value is -2.80. The Bertz CT molecular complexity index is 917. The fourth-order valence-corrected chi connectivity index (χ4v) is 3.54. The Balaban J connectivity index is 1.59. The molecule has 0 aliphatic carbocycles. The van der Waals surface area contributed by atoms with Gasteiger partial charge in [0.15, 0.2) is 5.65 Å². The van der Waals surface area contributed by atoms with Gasteiger partial charge in [0, 0.05) is 31.7 Å². The molecule has 1 saturated heterocycles. The second-order valence-electron chi connectivity index (χ2n) is 6.93. The van der Waals surface area contributed by atoms with Crippen LogP contribution in [0.1, 0.15) is 40.5 Å². The monoisotopic (exact) mass is 350 g/mol. The van der Waals surface area contributed by atoms with Gasteiger partial charge < -0.3 is 9.80 Å². The molecule has 3 aromatic heterocycles. The zero-order chi connectivity index (χ0) is 18.1. The zero-order valence-electron chi connectivity index (χ0n) is 15.0. The van der Waals surface area contributed by atoms with E-state index in [-0.39, 0.29) is 11.9 Å². The summed E-state index contributed by atoms with van der Waals surface area (Å²) in [5.74, 6) is -0.0274. The molecule has 4 heterocycles. The molecule has 26 heavy (non-hydrogen) atoms. The number of rotatable bonds is 4. The van der Waals surface area contributed by atoms with E-state index in [1.807, 2.05) is 31.3 Å². The largest absolute Gasteiger partial charge is 0.330 e. The van der Waals surface area contributed by atoms with Crippen molar-refractivity contribution in [3.8, 4) is 0 Å². The van der Waals surface area contributed by atoms with Crippen LogP contribution in [-0.2, 0) is 6.54 Å². The molecule has 0 spiro atoms. The highest BCUT2D eigenvalue weighted by Crippen LogP contribution is 2.32. The topological polar surface area (TPSA) is 66.6 Å². The molecule has 7 nitrogen and oxygen atoms in total. The van der Waals surface area contributed by atoms with Gasteiger partial charge in [-0.3, -0.25) is 9.78 Å². The maximum absolute atomic E-state index is 13.1. The molecule has 4 rings (SSSR count). The highest BCUT2D eigenvalue weighted by atomic mass is 16.2. The molecular formula is C19H22N6O. The molecule has 0 aromatic carbocycles. The number of aromatic nitrogens is 4. The molecule has 1 aliphatic rings. The van der Waals surface area contributed by atoms with Crippen molar-refractivity contribution >= 4 is 11.6 Å². The van der Waals surface area contributed by atoms with Crippen LogP contribution in [0.4, 0.5) is 0 Å². The normalized spacial score (nSPS) is 17.3. The number of fused-ring (bicyclic) bond motifs is 1. The van der Waals surface area contributed by atoms with E-state index in [1.165, 1.54) is 5.56 Å². The fraction of sp³-hybridized carbons (Fsp3) is 0.368. The number of hydrogen-bond acceptors (Lipinski definition) is 5. The highest BCUT2D eigenvalue weighted by molar-refractivity contribution is 5.99. The fourth-order valence-electron chi connectivity index (χ4n) is 3.54. The average molecular weight is 350 g/mol. The lowest BCUT2D eigenvalue weighted by Gasteiger charge is -2.24. The first-order chi connectivity index (χ1) is 12.6. The van der Waals surface area contributed by atoms with E-state index in [1.54, 1.807) is 29.2 Å². The number of nitrogens with zero attached hydrogens (tertiary/aromatic N) is 6. The second kappa shape index (κ2) is 6.84. The van der Waals surface area contributed by atoms with Crippen molar-refractivity contribution in [2.45, 2.75) is 25.4 Å². The van der Waals surface area contributed by atoms with Crippen LogP contribution in [-0.4, -0.2) is 55.9 Å². The van der Waals surface area contributed by atoms with Crippen LogP contribution >= 0.6 is 0 Å². The van der Waals surface area contributed by atoms with Crippen molar-refractivity contribution in [1.29, 1.82) is 0 Å². The van der Waals surface area contributed by atoms with Crippen LogP contribution in [0.2, 0.25) is 0 Å². The lowest BCUT2D eigenvalue weighted by molar-refractivity contribution is 0.0734. The predicted molar refractivity (Wildman–Crippen MR) is 97.6 cm³/mol. The maximum Gasteiger partial charge on any atom is 0.259 e.